The highest BCUT2D eigenvalue weighted by Crippen LogP contribution is 2.27. The van der Waals surface area contributed by atoms with Crippen LogP contribution >= 0.6 is 11.6 Å². The lowest BCUT2D eigenvalue weighted by Crippen LogP contribution is -2.46. The van der Waals surface area contributed by atoms with Gasteiger partial charge in [-0.1, -0.05) is 60.1 Å². The number of halogens is 1. The number of rotatable bonds is 4. The molecule has 0 aliphatic carbocycles. The Labute approximate surface area is 158 Å². The molecule has 2 aromatic carbocycles. The Kier molecular flexibility index (Phi) is 5.74. The van der Waals surface area contributed by atoms with Gasteiger partial charge in [-0.2, -0.15) is 0 Å². The van der Waals surface area contributed by atoms with Gasteiger partial charge in [0.05, 0.1) is 0 Å². The van der Waals surface area contributed by atoms with Gasteiger partial charge in [-0.05, 0) is 23.3 Å². The third-order valence-corrected chi connectivity index (χ3v) is 4.87. The molecule has 2 amide bonds. The fraction of sp³-hybridized carbons (Fsp3) is 0.238. The molecular formula is C21H21ClN2O2. The van der Waals surface area contributed by atoms with E-state index in [1.54, 1.807) is 29.0 Å². The van der Waals surface area contributed by atoms with E-state index in [1.807, 2.05) is 48.5 Å². The second kappa shape index (κ2) is 8.19. The van der Waals surface area contributed by atoms with Crippen LogP contribution in [-0.2, 0) is 11.3 Å². The van der Waals surface area contributed by atoms with Gasteiger partial charge in [-0.15, -0.1) is 0 Å². The normalized spacial score (nSPS) is 18.2. The lowest BCUT2D eigenvalue weighted by molar-refractivity contribution is -0.134. The SMILES string of the molecule is CN(Cc1ccccc1)C(=O)C1CC(=CCl)CN1C(=O)c1ccccc1. The first-order chi connectivity index (χ1) is 12.6. The van der Waals surface area contributed by atoms with Gasteiger partial charge >= 0.3 is 0 Å². The lowest BCUT2D eigenvalue weighted by atomic mass is 10.1. The summed E-state index contributed by atoms with van der Waals surface area (Å²) in [6.45, 7) is 0.885. The standard InChI is InChI=1S/C21H21ClN2O2/c1-23(14-16-8-4-2-5-9-16)21(26)19-12-17(13-22)15-24(19)20(25)18-10-6-3-7-11-18/h2-11,13,19H,12,14-15H2,1H3. The maximum atomic E-state index is 13.0. The maximum Gasteiger partial charge on any atom is 0.254 e. The number of likely N-dealkylation sites (N-methyl/N-ethyl adjacent to an activating group) is 1. The fourth-order valence-corrected chi connectivity index (χ4v) is 3.36. The van der Waals surface area contributed by atoms with Crippen LogP contribution in [0.2, 0.25) is 0 Å². The van der Waals surface area contributed by atoms with E-state index >= 15 is 0 Å². The average molecular weight is 369 g/mol. The van der Waals surface area contributed by atoms with E-state index < -0.39 is 6.04 Å². The number of hydrogen-bond acceptors (Lipinski definition) is 2. The van der Waals surface area contributed by atoms with Crippen LogP contribution in [0, 0.1) is 0 Å². The molecule has 1 fully saturated rings. The van der Waals surface area contributed by atoms with Crippen LogP contribution in [-0.4, -0.2) is 41.2 Å². The van der Waals surface area contributed by atoms with Crippen molar-refractivity contribution in [2.24, 2.45) is 0 Å². The third kappa shape index (κ3) is 3.97. The van der Waals surface area contributed by atoms with E-state index in [4.69, 9.17) is 11.6 Å². The van der Waals surface area contributed by atoms with Crippen molar-refractivity contribution >= 4 is 23.4 Å². The Morgan fingerprint density at radius 2 is 1.73 bits per heavy atom. The fourth-order valence-electron chi connectivity index (χ4n) is 3.20. The molecule has 0 N–H and O–H groups in total. The molecule has 4 nitrogen and oxygen atoms in total. The number of carbonyl (C=O) groups excluding carboxylic acids is 2. The summed E-state index contributed by atoms with van der Waals surface area (Å²) in [7, 11) is 1.77. The first-order valence-electron chi connectivity index (χ1n) is 8.53. The molecule has 0 saturated carbocycles. The number of hydrogen-bond donors (Lipinski definition) is 0. The summed E-state index contributed by atoms with van der Waals surface area (Å²) in [5.41, 5.74) is 4.00. The molecule has 0 spiro atoms. The molecule has 134 valence electrons. The number of nitrogens with zero attached hydrogens (tertiary/aromatic N) is 2. The van der Waals surface area contributed by atoms with E-state index in [0.29, 0.717) is 25.1 Å². The molecule has 0 bridgehead atoms. The van der Waals surface area contributed by atoms with Crippen molar-refractivity contribution in [1.82, 2.24) is 9.80 Å². The molecule has 1 aliphatic heterocycles. The van der Waals surface area contributed by atoms with Crippen LogP contribution in [0.4, 0.5) is 0 Å². The quantitative estimate of drug-likeness (QED) is 0.825. The summed E-state index contributed by atoms with van der Waals surface area (Å²) < 4.78 is 0. The van der Waals surface area contributed by atoms with Crippen LogP contribution in [0.5, 0.6) is 0 Å². The molecule has 1 saturated heterocycles. The number of benzene rings is 2. The summed E-state index contributed by atoms with van der Waals surface area (Å²) in [5.74, 6) is -0.225. The van der Waals surface area contributed by atoms with Crippen molar-refractivity contribution < 1.29 is 9.59 Å². The number of carbonyl (C=O) groups is 2. The van der Waals surface area contributed by atoms with Crippen molar-refractivity contribution in [1.29, 1.82) is 0 Å². The minimum absolute atomic E-state index is 0.0772. The Morgan fingerprint density at radius 3 is 2.35 bits per heavy atom. The first-order valence-corrected chi connectivity index (χ1v) is 8.97. The predicted octanol–water partition coefficient (Wildman–Crippen LogP) is 3.68. The predicted molar refractivity (Wildman–Crippen MR) is 103 cm³/mol. The Hall–Kier alpha value is -2.59. The Morgan fingerprint density at radius 1 is 1.12 bits per heavy atom. The van der Waals surface area contributed by atoms with Crippen molar-refractivity contribution in [2.75, 3.05) is 13.6 Å². The van der Waals surface area contributed by atoms with Crippen LogP contribution in [0.15, 0.2) is 71.8 Å². The molecule has 2 aromatic rings. The molecule has 0 aromatic heterocycles. The molecule has 5 heteroatoms. The van der Waals surface area contributed by atoms with E-state index in [9.17, 15) is 9.59 Å². The summed E-state index contributed by atoms with van der Waals surface area (Å²) in [6.07, 6.45) is 0.472. The van der Waals surface area contributed by atoms with Crippen LogP contribution in [0.3, 0.4) is 0 Å². The zero-order chi connectivity index (χ0) is 18.5. The van der Waals surface area contributed by atoms with Gasteiger partial charge in [0.15, 0.2) is 0 Å². The van der Waals surface area contributed by atoms with E-state index in [2.05, 4.69) is 0 Å². The molecule has 3 rings (SSSR count). The molecular weight excluding hydrogens is 348 g/mol. The zero-order valence-corrected chi connectivity index (χ0v) is 15.4. The summed E-state index contributed by atoms with van der Waals surface area (Å²) in [6, 6.07) is 18.3. The van der Waals surface area contributed by atoms with Crippen LogP contribution in [0.25, 0.3) is 0 Å². The Balaban J connectivity index is 1.79. The lowest BCUT2D eigenvalue weighted by Gasteiger charge is -2.28. The van der Waals surface area contributed by atoms with Crippen molar-refractivity contribution in [3.8, 4) is 0 Å². The van der Waals surface area contributed by atoms with Gasteiger partial charge in [0.2, 0.25) is 5.91 Å². The largest absolute Gasteiger partial charge is 0.340 e. The smallest absolute Gasteiger partial charge is 0.254 e. The number of amides is 2. The maximum absolute atomic E-state index is 13.0. The van der Waals surface area contributed by atoms with Crippen molar-refractivity contribution in [3.63, 3.8) is 0 Å². The molecule has 1 unspecified atom stereocenters. The van der Waals surface area contributed by atoms with Crippen molar-refractivity contribution in [2.45, 2.75) is 19.0 Å². The summed E-state index contributed by atoms with van der Waals surface area (Å²) in [5, 5.41) is 0. The van der Waals surface area contributed by atoms with E-state index in [0.717, 1.165) is 11.1 Å². The van der Waals surface area contributed by atoms with Gasteiger partial charge in [0, 0.05) is 37.7 Å². The third-order valence-electron chi connectivity index (χ3n) is 4.56. The first kappa shape index (κ1) is 18.2. The van der Waals surface area contributed by atoms with Gasteiger partial charge < -0.3 is 9.80 Å². The number of likely N-dealkylation sites (tertiary alicyclic amines) is 1. The minimum atomic E-state index is -0.526. The molecule has 0 radical (unpaired) electrons. The second-order valence-corrected chi connectivity index (χ2v) is 6.68. The van der Waals surface area contributed by atoms with Gasteiger partial charge in [0.25, 0.3) is 5.91 Å². The van der Waals surface area contributed by atoms with Crippen molar-refractivity contribution in [3.05, 3.63) is 82.9 Å². The van der Waals surface area contributed by atoms with E-state index in [1.165, 1.54) is 5.54 Å². The highest BCUT2D eigenvalue weighted by molar-refractivity contribution is 6.25. The molecule has 1 atom stereocenters. The highest BCUT2D eigenvalue weighted by Gasteiger charge is 2.38. The van der Waals surface area contributed by atoms with E-state index in [-0.39, 0.29) is 11.8 Å². The molecule has 1 heterocycles. The average Bonchev–Trinajstić information content (AvgIpc) is 3.12. The Bertz CT molecular complexity index is 805. The highest BCUT2D eigenvalue weighted by atomic mass is 35.5. The minimum Gasteiger partial charge on any atom is -0.340 e. The summed E-state index contributed by atoms with van der Waals surface area (Å²) in [4.78, 5) is 29.2. The topological polar surface area (TPSA) is 40.6 Å². The van der Waals surface area contributed by atoms with Gasteiger partial charge in [-0.3, -0.25) is 9.59 Å². The van der Waals surface area contributed by atoms with Gasteiger partial charge in [0.1, 0.15) is 6.04 Å². The molecule has 1 aliphatic rings. The zero-order valence-electron chi connectivity index (χ0n) is 14.6. The van der Waals surface area contributed by atoms with Crippen LogP contribution in [0.1, 0.15) is 22.3 Å². The summed E-state index contributed by atoms with van der Waals surface area (Å²) >= 11 is 5.88. The van der Waals surface area contributed by atoms with Gasteiger partial charge in [-0.25, -0.2) is 0 Å². The molecule has 26 heavy (non-hydrogen) atoms. The monoisotopic (exact) mass is 368 g/mol. The second-order valence-electron chi connectivity index (χ2n) is 6.47. The van der Waals surface area contributed by atoms with Crippen LogP contribution < -0.4 is 0 Å².